The molecule has 0 aromatic carbocycles. The number of imidazole rings is 1. The van der Waals surface area contributed by atoms with Crippen molar-refractivity contribution in [3.05, 3.63) is 30.6 Å². The molecule has 0 radical (unpaired) electrons. The summed E-state index contributed by atoms with van der Waals surface area (Å²) >= 11 is 0. The molecule has 6 nitrogen and oxygen atoms in total. The molecule has 1 unspecified atom stereocenters. The first-order chi connectivity index (χ1) is 11.7. The number of aromatic nitrogens is 4. The van der Waals surface area contributed by atoms with Crippen molar-refractivity contribution in [1.29, 1.82) is 0 Å². The zero-order valence-electron chi connectivity index (χ0n) is 14.1. The van der Waals surface area contributed by atoms with Gasteiger partial charge in [-0.1, -0.05) is 6.42 Å². The molecule has 0 spiro atoms. The minimum Gasteiger partial charge on any atom is -0.342 e. The fourth-order valence-corrected chi connectivity index (χ4v) is 3.64. The van der Waals surface area contributed by atoms with Crippen molar-refractivity contribution in [3.63, 3.8) is 0 Å². The lowest BCUT2D eigenvalue weighted by Crippen LogP contribution is -2.44. The van der Waals surface area contributed by atoms with Gasteiger partial charge in [-0.3, -0.25) is 9.78 Å². The van der Waals surface area contributed by atoms with Gasteiger partial charge in [-0.2, -0.15) is 0 Å². The molecule has 0 N–H and O–H groups in total. The predicted octanol–water partition coefficient (Wildman–Crippen LogP) is 2.38. The molecule has 1 aliphatic carbocycles. The summed E-state index contributed by atoms with van der Waals surface area (Å²) in [4.78, 5) is 27.9. The van der Waals surface area contributed by atoms with Crippen LogP contribution in [0.3, 0.4) is 0 Å². The van der Waals surface area contributed by atoms with Gasteiger partial charge in [0.15, 0.2) is 0 Å². The number of aryl methyl sites for hydroxylation is 1. The van der Waals surface area contributed by atoms with Gasteiger partial charge in [0.25, 0.3) is 0 Å². The molecular formula is C18H23N5O. The molecule has 6 heteroatoms. The minimum atomic E-state index is 0.274. The Kier molecular flexibility index (Phi) is 4.04. The summed E-state index contributed by atoms with van der Waals surface area (Å²) in [6, 6.07) is 0. The first-order valence-corrected chi connectivity index (χ1v) is 8.80. The summed E-state index contributed by atoms with van der Waals surface area (Å²) in [7, 11) is 1.95. The molecule has 1 aliphatic heterocycles. The molecule has 1 saturated carbocycles. The van der Waals surface area contributed by atoms with Crippen molar-refractivity contribution in [2.75, 3.05) is 13.1 Å². The van der Waals surface area contributed by atoms with E-state index in [0.717, 1.165) is 55.9 Å². The Morgan fingerprint density at radius 3 is 2.71 bits per heavy atom. The molecule has 3 heterocycles. The van der Waals surface area contributed by atoms with Crippen LogP contribution < -0.4 is 0 Å². The third kappa shape index (κ3) is 2.81. The van der Waals surface area contributed by atoms with E-state index < -0.39 is 0 Å². The maximum atomic E-state index is 12.5. The molecule has 4 rings (SSSR count). The van der Waals surface area contributed by atoms with Gasteiger partial charge in [-0.15, -0.1) is 0 Å². The predicted molar refractivity (Wildman–Crippen MR) is 90.1 cm³/mol. The minimum absolute atomic E-state index is 0.274. The van der Waals surface area contributed by atoms with Crippen LogP contribution in [0.1, 0.15) is 43.7 Å². The molecule has 2 aromatic heterocycles. The highest BCUT2D eigenvalue weighted by Gasteiger charge is 2.33. The highest BCUT2D eigenvalue weighted by Crippen LogP contribution is 2.32. The van der Waals surface area contributed by atoms with Crippen LogP contribution in [0.15, 0.2) is 24.9 Å². The highest BCUT2D eigenvalue weighted by atomic mass is 16.2. The van der Waals surface area contributed by atoms with E-state index in [4.69, 9.17) is 4.98 Å². The number of rotatable bonds is 3. The third-order valence-electron chi connectivity index (χ3n) is 5.34. The van der Waals surface area contributed by atoms with E-state index in [2.05, 4.69) is 14.9 Å². The second-order valence-corrected chi connectivity index (χ2v) is 6.97. The van der Waals surface area contributed by atoms with E-state index in [0.29, 0.717) is 5.91 Å². The van der Waals surface area contributed by atoms with Crippen LogP contribution in [0.2, 0.25) is 0 Å². The standard InChI is InChI=1S/C18H23N5O/c1-22-12-20-10-17(22)16-9-19-8-15(21-16)14-6-3-7-23(11-14)18(24)13-4-2-5-13/h8-10,12-14H,2-7,11H2,1H3. The molecule has 1 atom stereocenters. The fourth-order valence-electron chi connectivity index (χ4n) is 3.64. The Morgan fingerprint density at radius 2 is 2.00 bits per heavy atom. The Balaban J connectivity index is 1.53. The molecule has 24 heavy (non-hydrogen) atoms. The van der Waals surface area contributed by atoms with Gasteiger partial charge < -0.3 is 9.47 Å². The molecule has 2 fully saturated rings. The number of likely N-dealkylation sites (tertiary alicyclic amines) is 1. The molecule has 0 bridgehead atoms. The third-order valence-corrected chi connectivity index (χ3v) is 5.34. The van der Waals surface area contributed by atoms with Crippen LogP contribution in [-0.4, -0.2) is 43.4 Å². The molecule has 1 amide bonds. The zero-order chi connectivity index (χ0) is 16.5. The Morgan fingerprint density at radius 1 is 1.12 bits per heavy atom. The number of amides is 1. The van der Waals surface area contributed by atoms with Crippen molar-refractivity contribution in [2.24, 2.45) is 13.0 Å². The lowest BCUT2D eigenvalue weighted by Gasteiger charge is -2.37. The molecule has 2 aromatic rings. The summed E-state index contributed by atoms with van der Waals surface area (Å²) in [6.07, 6.45) is 12.6. The fraction of sp³-hybridized carbons (Fsp3) is 0.556. The average Bonchev–Trinajstić information content (AvgIpc) is 2.99. The van der Waals surface area contributed by atoms with Crippen LogP contribution in [0.25, 0.3) is 11.4 Å². The normalized spacial score (nSPS) is 21.5. The van der Waals surface area contributed by atoms with E-state index in [1.54, 1.807) is 18.7 Å². The Bertz CT molecular complexity index is 737. The molecule has 1 saturated heterocycles. The van der Waals surface area contributed by atoms with Crippen molar-refractivity contribution in [2.45, 2.75) is 38.0 Å². The van der Waals surface area contributed by atoms with Crippen LogP contribution in [0.4, 0.5) is 0 Å². The van der Waals surface area contributed by atoms with Gasteiger partial charge in [-0.05, 0) is 25.7 Å². The van der Waals surface area contributed by atoms with Gasteiger partial charge in [0, 0.05) is 38.2 Å². The van der Waals surface area contributed by atoms with Crippen LogP contribution in [0.5, 0.6) is 0 Å². The second-order valence-electron chi connectivity index (χ2n) is 6.97. The van der Waals surface area contributed by atoms with Gasteiger partial charge in [0.1, 0.15) is 5.69 Å². The summed E-state index contributed by atoms with van der Waals surface area (Å²) in [5, 5.41) is 0. The molecule has 2 aliphatic rings. The lowest BCUT2D eigenvalue weighted by molar-refractivity contribution is -0.139. The number of hydrogen-bond donors (Lipinski definition) is 0. The number of piperidine rings is 1. The first kappa shape index (κ1) is 15.3. The van der Waals surface area contributed by atoms with Crippen LogP contribution in [-0.2, 0) is 11.8 Å². The molecular weight excluding hydrogens is 302 g/mol. The number of hydrogen-bond acceptors (Lipinski definition) is 4. The van der Waals surface area contributed by atoms with Gasteiger partial charge >= 0.3 is 0 Å². The van der Waals surface area contributed by atoms with Crippen molar-refractivity contribution in [1.82, 2.24) is 24.4 Å². The van der Waals surface area contributed by atoms with Crippen molar-refractivity contribution >= 4 is 5.91 Å². The summed E-state index contributed by atoms with van der Waals surface area (Å²) < 4.78 is 1.95. The summed E-state index contributed by atoms with van der Waals surface area (Å²) in [6.45, 7) is 1.67. The maximum absolute atomic E-state index is 12.5. The maximum Gasteiger partial charge on any atom is 0.225 e. The summed E-state index contributed by atoms with van der Waals surface area (Å²) in [5.74, 6) is 0.903. The quantitative estimate of drug-likeness (QED) is 0.869. The Hall–Kier alpha value is -2.24. The van der Waals surface area contributed by atoms with Crippen molar-refractivity contribution in [3.8, 4) is 11.4 Å². The van der Waals surface area contributed by atoms with E-state index in [-0.39, 0.29) is 11.8 Å². The lowest BCUT2D eigenvalue weighted by atomic mass is 9.83. The average molecular weight is 325 g/mol. The van der Waals surface area contributed by atoms with E-state index >= 15 is 0 Å². The topological polar surface area (TPSA) is 63.9 Å². The van der Waals surface area contributed by atoms with Crippen LogP contribution >= 0.6 is 0 Å². The summed E-state index contributed by atoms with van der Waals surface area (Å²) in [5.41, 5.74) is 2.79. The smallest absolute Gasteiger partial charge is 0.225 e. The zero-order valence-corrected chi connectivity index (χ0v) is 14.1. The van der Waals surface area contributed by atoms with Crippen LogP contribution in [0, 0.1) is 5.92 Å². The monoisotopic (exact) mass is 325 g/mol. The SMILES string of the molecule is Cn1cncc1-c1cncc(C2CCCN(C(=O)C3CCC3)C2)n1. The number of nitrogens with zero attached hydrogens (tertiary/aromatic N) is 5. The second kappa shape index (κ2) is 6.34. The van der Waals surface area contributed by atoms with Crippen molar-refractivity contribution < 1.29 is 4.79 Å². The van der Waals surface area contributed by atoms with Gasteiger partial charge in [0.2, 0.25) is 5.91 Å². The van der Waals surface area contributed by atoms with E-state index in [9.17, 15) is 4.79 Å². The Labute approximate surface area is 141 Å². The van der Waals surface area contributed by atoms with E-state index in [1.807, 2.05) is 17.8 Å². The van der Waals surface area contributed by atoms with Gasteiger partial charge in [-0.25, -0.2) is 9.97 Å². The van der Waals surface area contributed by atoms with Gasteiger partial charge in [0.05, 0.1) is 30.1 Å². The number of carbonyl (C=O) groups is 1. The molecule has 126 valence electrons. The van der Waals surface area contributed by atoms with E-state index in [1.165, 1.54) is 6.42 Å². The number of carbonyl (C=O) groups excluding carboxylic acids is 1. The first-order valence-electron chi connectivity index (χ1n) is 8.80. The highest BCUT2D eigenvalue weighted by molar-refractivity contribution is 5.79. The largest absolute Gasteiger partial charge is 0.342 e.